The molecule has 0 fully saturated rings. The average molecular weight is 407 g/mol. The molecule has 0 unspecified atom stereocenters. The Bertz CT molecular complexity index is 844. The fourth-order valence-electron chi connectivity index (χ4n) is 1.83. The number of nitrogens with one attached hydrogen (secondary N) is 1. The first-order chi connectivity index (χ1) is 12.1. The van der Waals surface area contributed by atoms with E-state index >= 15 is 0 Å². The summed E-state index contributed by atoms with van der Waals surface area (Å²) in [6, 6.07) is 5.30. The quantitative estimate of drug-likeness (QED) is 0.595. The van der Waals surface area contributed by atoms with Crippen LogP contribution in [-0.4, -0.2) is 23.0 Å². The third kappa shape index (κ3) is 5.09. The Morgan fingerprint density at radius 1 is 1.23 bits per heavy atom. The molecule has 26 heavy (non-hydrogen) atoms. The number of pyridine rings is 1. The van der Waals surface area contributed by atoms with E-state index in [1.54, 1.807) is 0 Å². The molecular weight excluding hydrogens is 396 g/mol. The maximum absolute atomic E-state index is 12.7. The highest BCUT2D eigenvalue weighted by atomic mass is 35.5. The molecule has 0 spiro atoms. The number of aromatic nitrogens is 1. The van der Waals surface area contributed by atoms with E-state index in [1.807, 2.05) is 0 Å². The molecule has 0 aliphatic rings. The van der Waals surface area contributed by atoms with E-state index in [4.69, 9.17) is 27.9 Å². The van der Waals surface area contributed by atoms with E-state index in [9.17, 15) is 22.8 Å². The van der Waals surface area contributed by atoms with Crippen LogP contribution in [-0.2, 0) is 15.7 Å². The van der Waals surface area contributed by atoms with Gasteiger partial charge in [-0.25, -0.2) is 9.78 Å². The minimum atomic E-state index is -4.54. The fourth-order valence-corrected chi connectivity index (χ4v) is 2.10. The molecule has 2 rings (SSSR count). The number of benzene rings is 1. The van der Waals surface area contributed by atoms with Gasteiger partial charge in [0.25, 0.3) is 5.91 Å². The number of carbonyl (C=O) groups excluding carboxylic acids is 2. The van der Waals surface area contributed by atoms with Crippen LogP contribution < -0.4 is 5.32 Å². The molecule has 2 aromatic rings. The number of carbonyl (C=O) groups is 2. The summed E-state index contributed by atoms with van der Waals surface area (Å²) in [4.78, 5) is 27.7. The van der Waals surface area contributed by atoms with Crippen molar-refractivity contribution in [1.29, 1.82) is 0 Å². The van der Waals surface area contributed by atoms with Crippen LogP contribution in [0.1, 0.15) is 22.8 Å². The van der Waals surface area contributed by atoms with Gasteiger partial charge in [-0.1, -0.05) is 29.3 Å². The molecular formula is C16H11Cl2F3N2O3. The molecule has 0 aliphatic carbocycles. The van der Waals surface area contributed by atoms with E-state index in [-0.39, 0.29) is 21.4 Å². The highest BCUT2D eigenvalue weighted by Crippen LogP contribution is 2.30. The van der Waals surface area contributed by atoms with Gasteiger partial charge in [0.05, 0.1) is 16.1 Å². The van der Waals surface area contributed by atoms with Gasteiger partial charge in [-0.05, 0) is 31.2 Å². The van der Waals surface area contributed by atoms with Crippen molar-refractivity contribution >= 4 is 40.8 Å². The second-order valence-corrected chi connectivity index (χ2v) is 5.88. The smallest absolute Gasteiger partial charge is 0.416 e. The third-order valence-electron chi connectivity index (χ3n) is 3.14. The molecule has 138 valence electrons. The van der Waals surface area contributed by atoms with E-state index in [2.05, 4.69) is 10.3 Å². The number of hydrogen-bond donors (Lipinski definition) is 1. The summed E-state index contributed by atoms with van der Waals surface area (Å²) in [5.41, 5.74) is -1.02. The number of rotatable bonds is 4. The number of nitrogens with zero attached hydrogens (tertiary/aromatic N) is 1. The first-order valence-corrected chi connectivity index (χ1v) is 7.83. The van der Waals surface area contributed by atoms with E-state index in [0.717, 1.165) is 24.4 Å². The Hall–Kier alpha value is -2.32. The van der Waals surface area contributed by atoms with Gasteiger partial charge in [-0.2, -0.15) is 13.2 Å². The molecule has 0 aliphatic heterocycles. The Labute approximate surface area is 156 Å². The third-order valence-corrected chi connectivity index (χ3v) is 3.83. The summed E-state index contributed by atoms with van der Waals surface area (Å²) in [6.45, 7) is 1.27. The Balaban J connectivity index is 2.03. The monoisotopic (exact) mass is 406 g/mol. The Morgan fingerprint density at radius 2 is 1.92 bits per heavy atom. The van der Waals surface area contributed by atoms with Gasteiger partial charge in [0, 0.05) is 11.9 Å². The van der Waals surface area contributed by atoms with Crippen molar-refractivity contribution in [3.8, 4) is 0 Å². The molecule has 1 aromatic carbocycles. The molecule has 0 saturated carbocycles. The molecule has 0 radical (unpaired) electrons. The van der Waals surface area contributed by atoms with Gasteiger partial charge in [-0.3, -0.25) is 4.79 Å². The molecule has 1 atom stereocenters. The highest BCUT2D eigenvalue weighted by molar-refractivity contribution is 6.41. The van der Waals surface area contributed by atoms with Gasteiger partial charge >= 0.3 is 12.1 Å². The fraction of sp³-hybridized carbons (Fsp3) is 0.188. The van der Waals surface area contributed by atoms with Crippen molar-refractivity contribution in [3.63, 3.8) is 0 Å². The van der Waals surface area contributed by atoms with Crippen molar-refractivity contribution in [2.75, 3.05) is 5.32 Å². The molecule has 0 bridgehead atoms. The number of halogens is 5. The normalized spacial score (nSPS) is 12.4. The Kier molecular flexibility index (Phi) is 6.09. The lowest BCUT2D eigenvalue weighted by atomic mass is 10.2. The largest absolute Gasteiger partial charge is 0.449 e. The topological polar surface area (TPSA) is 68.3 Å². The van der Waals surface area contributed by atoms with Crippen molar-refractivity contribution < 1.29 is 27.5 Å². The lowest BCUT2D eigenvalue weighted by Crippen LogP contribution is -2.30. The molecule has 10 heteroatoms. The number of anilines is 1. The average Bonchev–Trinajstić information content (AvgIpc) is 2.56. The van der Waals surface area contributed by atoms with Crippen molar-refractivity contribution in [1.82, 2.24) is 4.98 Å². The van der Waals surface area contributed by atoms with E-state index in [1.165, 1.54) is 19.1 Å². The Morgan fingerprint density at radius 3 is 2.54 bits per heavy atom. The zero-order chi connectivity index (χ0) is 19.5. The standard InChI is InChI=1S/C16H11Cl2F3N2O3/c1-8(26-15(25)9-5-12(17)13(18)22-7-9)14(24)23-11-4-2-3-10(6-11)16(19,20)21/h2-8H,1H3,(H,23,24)/t8-/m0/s1. The van der Waals surface area contributed by atoms with Crippen LogP contribution in [0, 0.1) is 0 Å². The maximum atomic E-state index is 12.7. The molecule has 1 N–H and O–H groups in total. The summed E-state index contributed by atoms with van der Waals surface area (Å²) < 4.78 is 43.0. The van der Waals surface area contributed by atoms with Crippen LogP contribution in [0.5, 0.6) is 0 Å². The summed E-state index contributed by atoms with van der Waals surface area (Å²) >= 11 is 11.4. The van der Waals surface area contributed by atoms with Crippen molar-refractivity contribution in [3.05, 3.63) is 57.8 Å². The number of alkyl halides is 3. The second kappa shape index (κ2) is 7.92. The van der Waals surface area contributed by atoms with Crippen LogP contribution >= 0.6 is 23.2 Å². The number of esters is 1. The van der Waals surface area contributed by atoms with Gasteiger partial charge in [0.1, 0.15) is 5.15 Å². The van der Waals surface area contributed by atoms with Crippen LogP contribution in [0.2, 0.25) is 10.2 Å². The molecule has 1 aromatic heterocycles. The summed E-state index contributed by atoms with van der Waals surface area (Å²) in [5.74, 6) is -1.69. The lowest BCUT2D eigenvalue weighted by Gasteiger charge is -2.14. The van der Waals surface area contributed by atoms with Crippen molar-refractivity contribution in [2.24, 2.45) is 0 Å². The predicted octanol–water partition coefficient (Wildman–Crippen LogP) is 4.59. The minimum absolute atomic E-state index is 0.00134. The summed E-state index contributed by atoms with van der Waals surface area (Å²) in [5, 5.41) is 2.28. The molecule has 1 heterocycles. The minimum Gasteiger partial charge on any atom is -0.449 e. The van der Waals surface area contributed by atoms with Gasteiger partial charge in [0.15, 0.2) is 6.10 Å². The highest BCUT2D eigenvalue weighted by Gasteiger charge is 2.30. The zero-order valence-electron chi connectivity index (χ0n) is 13.1. The maximum Gasteiger partial charge on any atom is 0.416 e. The second-order valence-electron chi connectivity index (χ2n) is 5.11. The molecule has 0 saturated heterocycles. The number of ether oxygens (including phenoxy) is 1. The number of amides is 1. The summed E-state index contributed by atoms with van der Waals surface area (Å²) in [6.07, 6.45) is -4.69. The van der Waals surface area contributed by atoms with E-state index in [0.29, 0.717) is 0 Å². The molecule has 1 amide bonds. The SMILES string of the molecule is C[C@H](OC(=O)c1cnc(Cl)c(Cl)c1)C(=O)Nc1cccc(C(F)(F)F)c1. The van der Waals surface area contributed by atoms with Crippen LogP contribution in [0.4, 0.5) is 18.9 Å². The van der Waals surface area contributed by atoms with E-state index < -0.39 is 29.7 Å². The van der Waals surface area contributed by atoms with Gasteiger partial charge < -0.3 is 10.1 Å². The summed E-state index contributed by atoms with van der Waals surface area (Å²) in [7, 11) is 0. The molecule has 5 nitrogen and oxygen atoms in total. The lowest BCUT2D eigenvalue weighted by molar-refractivity contribution is -0.137. The van der Waals surface area contributed by atoms with Crippen LogP contribution in [0.15, 0.2) is 36.5 Å². The number of hydrogen-bond acceptors (Lipinski definition) is 4. The van der Waals surface area contributed by atoms with Gasteiger partial charge in [-0.15, -0.1) is 0 Å². The van der Waals surface area contributed by atoms with Crippen LogP contribution in [0.3, 0.4) is 0 Å². The first-order valence-electron chi connectivity index (χ1n) is 7.08. The van der Waals surface area contributed by atoms with Gasteiger partial charge in [0.2, 0.25) is 0 Å². The first kappa shape index (κ1) is 20.0. The van der Waals surface area contributed by atoms with Crippen LogP contribution in [0.25, 0.3) is 0 Å². The predicted molar refractivity (Wildman–Crippen MR) is 89.2 cm³/mol. The zero-order valence-corrected chi connectivity index (χ0v) is 14.6. The van der Waals surface area contributed by atoms with Crippen molar-refractivity contribution in [2.45, 2.75) is 19.2 Å².